The third-order valence-corrected chi connectivity index (χ3v) is 6.76. The average molecular weight is 482 g/mol. The number of methoxy groups -OCH3 is 1. The van der Waals surface area contributed by atoms with Crippen LogP contribution in [0.25, 0.3) is 5.76 Å². The quantitative estimate of drug-likeness (QED) is 0.244. The number of carbonyl (C=O) groups excluding carboxylic acids is 3. The van der Waals surface area contributed by atoms with Gasteiger partial charge in [-0.25, -0.2) is 4.79 Å². The van der Waals surface area contributed by atoms with Gasteiger partial charge in [-0.1, -0.05) is 43.7 Å². The van der Waals surface area contributed by atoms with Crippen molar-refractivity contribution in [1.29, 1.82) is 0 Å². The molecule has 188 valence electrons. The highest BCUT2D eigenvalue weighted by Gasteiger charge is 2.46. The van der Waals surface area contributed by atoms with Crippen LogP contribution in [-0.2, 0) is 14.3 Å². The van der Waals surface area contributed by atoms with Crippen molar-refractivity contribution in [3.63, 3.8) is 0 Å². The predicted molar refractivity (Wildman–Crippen MR) is 134 cm³/mol. The standard InChI is InChI=1S/C27H35N3O5/c1-7-29(8-2)14-9-15-30-23(19-12-10-16(3)11-13-19)21(25(32)26(30)33)24(31)20-17(4)22(27(34)35-6)28-18(20)5/h10-13,23,28,31H,7-9,14-15H2,1-6H3/b24-21+/t23-/m1/s1. The van der Waals surface area contributed by atoms with E-state index in [-0.39, 0.29) is 17.0 Å². The molecule has 1 fully saturated rings. The van der Waals surface area contributed by atoms with E-state index in [1.165, 1.54) is 7.11 Å². The van der Waals surface area contributed by atoms with Gasteiger partial charge in [0.05, 0.1) is 18.7 Å². The number of amides is 1. The van der Waals surface area contributed by atoms with E-state index in [0.29, 0.717) is 29.8 Å². The summed E-state index contributed by atoms with van der Waals surface area (Å²) < 4.78 is 4.83. The summed E-state index contributed by atoms with van der Waals surface area (Å²) in [7, 11) is 1.28. The SMILES string of the molecule is CCN(CC)CCCN1C(=O)C(=O)/C(=C(/O)c2c(C)[nH]c(C(=O)OC)c2C)[C@H]1c1ccc(C)cc1. The molecule has 0 radical (unpaired) electrons. The van der Waals surface area contributed by atoms with E-state index >= 15 is 0 Å². The summed E-state index contributed by atoms with van der Waals surface area (Å²) in [6.07, 6.45) is 0.700. The lowest BCUT2D eigenvalue weighted by atomic mass is 9.93. The minimum absolute atomic E-state index is 0.0308. The van der Waals surface area contributed by atoms with Gasteiger partial charge >= 0.3 is 5.97 Å². The van der Waals surface area contributed by atoms with Gasteiger partial charge in [0.2, 0.25) is 0 Å². The van der Waals surface area contributed by atoms with Crippen molar-refractivity contribution in [2.45, 2.75) is 47.1 Å². The minimum atomic E-state index is -0.726. The van der Waals surface area contributed by atoms with Crippen LogP contribution in [0.1, 0.15) is 64.7 Å². The maximum atomic E-state index is 13.3. The Morgan fingerprint density at radius 2 is 1.74 bits per heavy atom. The smallest absolute Gasteiger partial charge is 0.354 e. The maximum absolute atomic E-state index is 13.3. The Morgan fingerprint density at radius 3 is 2.31 bits per heavy atom. The van der Waals surface area contributed by atoms with Crippen LogP contribution in [0.3, 0.4) is 0 Å². The second-order valence-electron chi connectivity index (χ2n) is 8.90. The van der Waals surface area contributed by atoms with Crippen molar-refractivity contribution >= 4 is 23.4 Å². The molecule has 1 aliphatic rings. The first kappa shape index (κ1) is 26.2. The van der Waals surface area contributed by atoms with E-state index in [0.717, 1.165) is 30.8 Å². The van der Waals surface area contributed by atoms with Crippen LogP contribution < -0.4 is 0 Å². The number of likely N-dealkylation sites (tertiary alicyclic amines) is 1. The fraction of sp³-hybridized carbons (Fsp3) is 0.444. The van der Waals surface area contributed by atoms with Crippen molar-refractivity contribution in [2.24, 2.45) is 0 Å². The zero-order valence-electron chi connectivity index (χ0n) is 21.4. The summed E-state index contributed by atoms with van der Waals surface area (Å²) in [6.45, 7) is 12.5. The molecule has 2 N–H and O–H groups in total. The molecule has 0 aliphatic carbocycles. The first-order valence-electron chi connectivity index (χ1n) is 12.0. The Kier molecular flexibility index (Phi) is 8.17. The van der Waals surface area contributed by atoms with E-state index in [2.05, 4.69) is 23.7 Å². The molecule has 2 aromatic rings. The number of aryl methyl sites for hydroxylation is 2. The van der Waals surface area contributed by atoms with Crippen molar-refractivity contribution in [3.05, 3.63) is 63.5 Å². The number of nitrogens with zero attached hydrogens (tertiary/aromatic N) is 2. The van der Waals surface area contributed by atoms with E-state index < -0.39 is 23.7 Å². The number of Topliss-reactive ketones (excluding diaryl/α,β-unsaturated/α-hetero) is 1. The van der Waals surface area contributed by atoms with Gasteiger partial charge in [0.25, 0.3) is 11.7 Å². The van der Waals surface area contributed by atoms with Gasteiger partial charge < -0.3 is 24.6 Å². The Hall–Kier alpha value is -3.39. The van der Waals surface area contributed by atoms with Gasteiger partial charge in [-0.15, -0.1) is 0 Å². The molecule has 0 bridgehead atoms. The Morgan fingerprint density at radius 1 is 1.11 bits per heavy atom. The van der Waals surface area contributed by atoms with Crippen molar-refractivity contribution < 1.29 is 24.2 Å². The molecule has 1 amide bonds. The molecule has 1 atom stereocenters. The van der Waals surface area contributed by atoms with Crippen LogP contribution in [-0.4, -0.2) is 70.8 Å². The van der Waals surface area contributed by atoms with Crippen LogP contribution in [0, 0.1) is 20.8 Å². The van der Waals surface area contributed by atoms with Crippen molar-refractivity contribution in [3.8, 4) is 0 Å². The highest BCUT2D eigenvalue weighted by Crippen LogP contribution is 2.41. The maximum Gasteiger partial charge on any atom is 0.354 e. The molecule has 0 unspecified atom stereocenters. The summed E-state index contributed by atoms with van der Waals surface area (Å²) in [6, 6.07) is 6.89. The summed E-state index contributed by atoms with van der Waals surface area (Å²) >= 11 is 0. The number of hydrogen-bond acceptors (Lipinski definition) is 6. The molecule has 0 spiro atoms. The number of aliphatic hydroxyl groups is 1. The number of nitrogens with one attached hydrogen (secondary N) is 1. The summed E-state index contributed by atoms with van der Waals surface area (Å²) in [5.41, 5.74) is 3.34. The van der Waals surface area contributed by atoms with E-state index in [1.54, 1.807) is 18.7 Å². The zero-order valence-corrected chi connectivity index (χ0v) is 21.4. The third kappa shape index (κ3) is 5.03. The largest absolute Gasteiger partial charge is 0.507 e. The number of ether oxygens (including phenoxy) is 1. The van der Waals surface area contributed by atoms with E-state index in [9.17, 15) is 19.5 Å². The second kappa shape index (κ2) is 10.9. The normalized spacial score (nSPS) is 17.5. The molecule has 1 saturated heterocycles. The Labute approximate surface area is 206 Å². The number of hydrogen-bond donors (Lipinski definition) is 2. The fourth-order valence-electron chi connectivity index (χ4n) is 4.76. The van der Waals surface area contributed by atoms with Crippen molar-refractivity contribution in [2.75, 3.05) is 33.3 Å². The molecule has 3 rings (SSSR count). The van der Waals surface area contributed by atoms with E-state index in [4.69, 9.17) is 4.74 Å². The Bertz CT molecular complexity index is 1140. The highest BCUT2D eigenvalue weighted by molar-refractivity contribution is 6.46. The number of carbonyl (C=O) groups is 3. The van der Waals surface area contributed by atoms with Crippen LogP contribution in [0.15, 0.2) is 29.8 Å². The lowest BCUT2D eigenvalue weighted by molar-refractivity contribution is -0.140. The molecule has 1 aromatic carbocycles. The number of esters is 1. The molecular weight excluding hydrogens is 446 g/mol. The van der Waals surface area contributed by atoms with Gasteiger partial charge in [0, 0.05) is 17.8 Å². The number of aliphatic hydroxyl groups excluding tert-OH is 1. The van der Waals surface area contributed by atoms with Crippen molar-refractivity contribution in [1.82, 2.24) is 14.8 Å². The van der Waals surface area contributed by atoms with Gasteiger partial charge in [0.15, 0.2) is 0 Å². The van der Waals surface area contributed by atoms with Crippen LogP contribution in [0.4, 0.5) is 0 Å². The number of aromatic nitrogens is 1. The lowest BCUT2D eigenvalue weighted by Crippen LogP contribution is -2.33. The molecule has 8 nitrogen and oxygen atoms in total. The number of benzene rings is 1. The minimum Gasteiger partial charge on any atom is -0.507 e. The molecule has 8 heteroatoms. The summed E-state index contributed by atoms with van der Waals surface area (Å²) in [5, 5.41) is 11.4. The third-order valence-electron chi connectivity index (χ3n) is 6.76. The topological polar surface area (TPSA) is 103 Å². The Balaban J connectivity index is 2.11. The number of H-pyrrole nitrogens is 1. The monoisotopic (exact) mass is 481 g/mol. The van der Waals surface area contributed by atoms with Gasteiger partial charge in [-0.3, -0.25) is 9.59 Å². The molecule has 1 aromatic heterocycles. The fourth-order valence-corrected chi connectivity index (χ4v) is 4.76. The highest BCUT2D eigenvalue weighted by atomic mass is 16.5. The molecule has 1 aliphatic heterocycles. The van der Waals surface area contributed by atoms with Gasteiger partial charge in [-0.2, -0.15) is 0 Å². The van der Waals surface area contributed by atoms with E-state index in [1.807, 2.05) is 31.2 Å². The van der Waals surface area contributed by atoms with Gasteiger partial charge in [-0.05, 0) is 58.0 Å². The number of ketones is 1. The van der Waals surface area contributed by atoms with Crippen LogP contribution in [0.5, 0.6) is 0 Å². The van der Waals surface area contributed by atoms with Gasteiger partial charge in [0.1, 0.15) is 11.5 Å². The lowest BCUT2D eigenvalue weighted by Gasteiger charge is -2.27. The first-order valence-corrected chi connectivity index (χ1v) is 12.0. The van der Waals surface area contributed by atoms with Crippen LogP contribution >= 0.6 is 0 Å². The number of aromatic amines is 1. The second-order valence-corrected chi connectivity index (χ2v) is 8.90. The first-order chi connectivity index (χ1) is 16.7. The predicted octanol–water partition coefficient (Wildman–Crippen LogP) is 3.88. The molecular formula is C27H35N3O5. The summed E-state index contributed by atoms with van der Waals surface area (Å²) in [5.74, 6) is -2.22. The molecule has 0 saturated carbocycles. The summed E-state index contributed by atoms with van der Waals surface area (Å²) in [4.78, 5) is 45.4. The zero-order chi connectivity index (χ0) is 25.9. The molecule has 2 heterocycles. The van der Waals surface area contributed by atoms with Crippen LogP contribution in [0.2, 0.25) is 0 Å². The number of rotatable bonds is 9. The average Bonchev–Trinajstić information content (AvgIpc) is 3.28. The molecule has 35 heavy (non-hydrogen) atoms.